The van der Waals surface area contributed by atoms with E-state index in [1.54, 1.807) is 7.11 Å². The van der Waals surface area contributed by atoms with E-state index in [1.807, 2.05) is 23.9 Å². The predicted octanol–water partition coefficient (Wildman–Crippen LogP) is 6.47. The van der Waals surface area contributed by atoms with Crippen LogP contribution in [0.1, 0.15) is 29.6 Å². The first-order valence-corrected chi connectivity index (χ1v) is 12.9. The number of benzene rings is 2. The lowest BCUT2D eigenvalue weighted by molar-refractivity contribution is 0.112. The Morgan fingerprint density at radius 1 is 1.18 bits per heavy atom. The molecule has 3 heterocycles. The number of methoxy groups -OCH3 is 1. The molecule has 0 spiro atoms. The molecule has 6 heteroatoms. The maximum Gasteiger partial charge on any atom is 0.157 e. The monoisotopic (exact) mass is 469 g/mol. The van der Waals surface area contributed by atoms with Gasteiger partial charge in [0.1, 0.15) is 17.6 Å². The van der Waals surface area contributed by atoms with E-state index >= 15 is 0 Å². The summed E-state index contributed by atoms with van der Waals surface area (Å²) in [5, 5.41) is 3.40. The number of aromatic nitrogens is 3. The van der Waals surface area contributed by atoms with Crippen molar-refractivity contribution in [3.63, 3.8) is 0 Å². The molecule has 1 aliphatic carbocycles. The first-order valence-electron chi connectivity index (χ1n) is 11.8. The smallest absolute Gasteiger partial charge is 0.157 e. The van der Waals surface area contributed by atoms with Gasteiger partial charge in [-0.1, -0.05) is 30.4 Å². The van der Waals surface area contributed by atoms with E-state index in [0.717, 1.165) is 60.0 Å². The number of nitrogens with zero attached hydrogens (tertiary/aromatic N) is 3. The molecule has 0 N–H and O–H groups in total. The molecule has 4 aromatic rings. The van der Waals surface area contributed by atoms with E-state index in [1.165, 1.54) is 29.3 Å². The number of hydrogen-bond acceptors (Lipinski definition) is 4. The zero-order chi connectivity index (χ0) is 23.1. The Labute approximate surface area is 203 Å². The highest BCUT2D eigenvalue weighted by atomic mass is 32.2. The van der Waals surface area contributed by atoms with Crippen LogP contribution in [0.4, 0.5) is 0 Å². The molecule has 5 nitrogen and oxygen atoms in total. The lowest BCUT2D eigenvalue weighted by Crippen LogP contribution is -2.08. The summed E-state index contributed by atoms with van der Waals surface area (Å²) in [5.74, 6) is 3.37. The highest BCUT2D eigenvalue weighted by Gasteiger charge is 2.26. The summed E-state index contributed by atoms with van der Waals surface area (Å²) in [6, 6.07) is 14.5. The van der Waals surface area contributed by atoms with Crippen LogP contribution in [0, 0.1) is 5.92 Å². The molecule has 1 saturated carbocycles. The summed E-state index contributed by atoms with van der Waals surface area (Å²) in [7, 11) is 1.66. The van der Waals surface area contributed by atoms with E-state index in [9.17, 15) is 4.79 Å². The molecule has 0 saturated heterocycles. The molecular formula is C28H27N3O2S. The molecule has 2 aromatic carbocycles. The van der Waals surface area contributed by atoms with Gasteiger partial charge in [0.2, 0.25) is 0 Å². The molecule has 2 aromatic heterocycles. The number of thioether (sulfide) groups is 1. The quantitative estimate of drug-likeness (QED) is 0.278. The van der Waals surface area contributed by atoms with Crippen LogP contribution in [0.2, 0.25) is 0 Å². The number of allylic oxidation sites excluding steroid dienone is 2. The second-order valence-electron chi connectivity index (χ2n) is 9.10. The lowest BCUT2D eigenvalue weighted by atomic mass is 10.1. The number of aryl methyl sites for hydroxylation is 1. The van der Waals surface area contributed by atoms with Crippen LogP contribution in [-0.4, -0.2) is 33.3 Å². The molecule has 1 fully saturated rings. The maximum absolute atomic E-state index is 11.6. The van der Waals surface area contributed by atoms with Crippen molar-refractivity contribution in [2.75, 3.05) is 12.9 Å². The second kappa shape index (κ2) is 8.84. The van der Waals surface area contributed by atoms with E-state index in [-0.39, 0.29) is 0 Å². The van der Waals surface area contributed by atoms with Crippen molar-refractivity contribution < 1.29 is 9.53 Å². The summed E-state index contributed by atoms with van der Waals surface area (Å²) >= 11 is 1.82. The maximum atomic E-state index is 11.6. The highest BCUT2D eigenvalue weighted by molar-refractivity contribution is 8.02. The third-order valence-corrected chi connectivity index (χ3v) is 7.49. The molecule has 0 unspecified atom stereocenters. The second-order valence-corrected chi connectivity index (χ2v) is 10.0. The van der Waals surface area contributed by atoms with Crippen LogP contribution in [-0.2, 0) is 13.1 Å². The predicted molar refractivity (Wildman–Crippen MR) is 140 cm³/mol. The molecule has 1 aliphatic heterocycles. The minimum Gasteiger partial charge on any atom is -0.494 e. The van der Waals surface area contributed by atoms with Crippen molar-refractivity contribution in [1.29, 1.82) is 0 Å². The summed E-state index contributed by atoms with van der Waals surface area (Å²) in [4.78, 5) is 16.7. The third kappa shape index (κ3) is 3.86. The van der Waals surface area contributed by atoms with Gasteiger partial charge in [0.25, 0.3) is 0 Å². The van der Waals surface area contributed by atoms with Crippen molar-refractivity contribution in [3.8, 4) is 17.3 Å². The summed E-state index contributed by atoms with van der Waals surface area (Å²) in [6.07, 6.45) is 8.86. The lowest BCUT2D eigenvalue weighted by Gasteiger charge is -2.15. The molecule has 0 bridgehead atoms. The normalized spacial score (nSPS) is 15.7. The number of carbonyl (C=O) groups excluding carboxylic acids is 1. The van der Waals surface area contributed by atoms with Gasteiger partial charge in [-0.15, -0.1) is 11.8 Å². The van der Waals surface area contributed by atoms with Crippen molar-refractivity contribution in [2.45, 2.75) is 32.4 Å². The van der Waals surface area contributed by atoms with Gasteiger partial charge in [-0.05, 0) is 60.4 Å². The molecule has 172 valence electrons. The number of aldehydes is 1. The minimum atomic E-state index is 0.578. The Morgan fingerprint density at radius 3 is 2.82 bits per heavy atom. The SMILES string of the molecule is COc1cc(C=O)cc2nc(-c3cc4ccccc4n3CC3CC3)n(CCC3=CCSC=C3)c12. The number of hydrogen-bond donors (Lipinski definition) is 0. The van der Waals surface area contributed by atoms with Crippen LogP contribution in [0.15, 0.2) is 65.6 Å². The molecule has 0 atom stereocenters. The largest absolute Gasteiger partial charge is 0.494 e. The highest BCUT2D eigenvalue weighted by Crippen LogP contribution is 2.38. The first-order chi connectivity index (χ1) is 16.7. The van der Waals surface area contributed by atoms with Crippen molar-refractivity contribution in [3.05, 3.63) is 71.2 Å². The first kappa shape index (κ1) is 21.3. The van der Waals surface area contributed by atoms with Gasteiger partial charge in [-0.25, -0.2) is 4.98 Å². The number of para-hydroxylation sites is 1. The van der Waals surface area contributed by atoms with Crippen LogP contribution >= 0.6 is 11.8 Å². The van der Waals surface area contributed by atoms with Gasteiger partial charge < -0.3 is 13.9 Å². The Morgan fingerprint density at radius 2 is 2.06 bits per heavy atom. The minimum absolute atomic E-state index is 0.578. The van der Waals surface area contributed by atoms with E-state index < -0.39 is 0 Å². The molecule has 6 rings (SSSR count). The van der Waals surface area contributed by atoms with Gasteiger partial charge >= 0.3 is 0 Å². The van der Waals surface area contributed by atoms with Crippen molar-refractivity contribution in [2.24, 2.45) is 5.92 Å². The van der Waals surface area contributed by atoms with Crippen LogP contribution in [0.25, 0.3) is 33.5 Å². The summed E-state index contributed by atoms with van der Waals surface area (Å²) in [6.45, 7) is 1.79. The number of rotatable bonds is 8. The topological polar surface area (TPSA) is 49.0 Å². The van der Waals surface area contributed by atoms with E-state index in [0.29, 0.717) is 11.3 Å². The molecule has 0 amide bonds. The Hall–Kier alpha value is -3.25. The summed E-state index contributed by atoms with van der Waals surface area (Å²) < 4.78 is 10.5. The Kier molecular flexibility index (Phi) is 5.53. The number of fused-ring (bicyclic) bond motifs is 2. The zero-order valence-corrected chi connectivity index (χ0v) is 20.1. The van der Waals surface area contributed by atoms with Crippen LogP contribution in [0.3, 0.4) is 0 Å². The number of ether oxygens (including phenoxy) is 1. The molecular weight excluding hydrogens is 442 g/mol. The van der Waals surface area contributed by atoms with Crippen LogP contribution < -0.4 is 4.74 Å². The number of carbonyl (C=O) groups is 1. The Balaban J connectivity index is 1.56. The van der Waals surface area contributed by atoms with Crippen molar-refractivity contribution >= 4 is 40.0 Å². The average Bonchev–Trinajstić information content (AvgIpc) is 3.53. The van der Waals surface area contributed by atoms with Gasteiger partial charge in [0.05, 0.1) is 18.3 Å². The van der Waals surface area contributed by atoms with Gasteiger partial charge in [0.15, 0.2) is 5.82 Å². The molecule has 34 heavy (non-hydrogen) atoms. The van der Waals surface area contributed by atoms with Crippen molar-refractivity contribution in [1.82, 2.24) is 14.1 Å². The molecule has 2 aliphatic rings. The van der Waals surface area contributed by atoms with E-state index in [2.05, 4.69) is 57.0 Å². The van der Waals surface area contributed by atoms with Gasteiger partial charge in [-0.2, -0.15) is 0 Å². The number of imidazole rings is 1. The molecule has 0 radical (unpaired) electrons. The van der Waals surface area contributed by atoms with Gasteiger partial charge in [-0.3, -0.25) is 4.79 Å². The van der Waals surface area contributed by atoms with E-state index in [4.69, 9.17) is 9.72 Å². The third-order valence-electron chi connectivity index (χ3n) is 6.81. The fourth-order valence-corrected chi connectivity index (χ4v) is 5.57. The summed E-state index contributed by atoms with van der Waals surface area (Å²) in [5.41, 5.74) is 6.04. The zero-order valence-electron chi connectivity index (χ0n) is 19.2. The van der Waals surface area contributed by atoms with Crippen LogP contribution in [0.5, 0.6) is 5.75 Å². The fourth-order valence-electron chi connectivity index (χ4n) is 4.88. The fraction of sp³-hybridized carbons (Fsp3) is 0.286. The van der Waals surface area contributed by atoms with Gasteiger partial charge in [0, 0.05) is 35.3 Å². The Bertz CT molecular complexity index is 1460. The standard InChI is InChI=1S/C28H27N3O2S/c1-33-26-15-21(18-32)14-23-27(26)30(11-8-19-9-12-34-13-10-19)28(29-23)25-16-22-4-2-3-5-24(22)31(25)17-20-6-7-20/h2-5,9-10,12,14-16,18,20H,6-8,11,13,17H2,1H3. The average molecular weight is 470 g/mol.